The second-order valence-electron chi connectivity index (χ2n) is 6.24. The Labute approximate surface area is 153 Å². The fraction of sp³-hybridized carbons (Fsp3) is 0.316. The number of ether oxygens (including phenoxy) is 1. The van der Waals surface area contributed by atoms with Crippen LogP contribution in [-0.2, 0) is 10.0 Å². The predicted molar refractivity (Wildman–Crippen MR) is 100 cm³/mol. The van der Waals surface area contributed by atoms with Gasteiger partial charge in [0.2, 0.25) is 10.0 Å². The molecule has 3 rings (SSSR count). The molecule has 2 aromatic rings. The van der Waals surface area contributed by atoms with E-state index in [4.69, 9.17) is 4.74 Å². The molecule has 1 aliphatic rings. The maximum atomic E-state index is 12.8. The van der Waals surface area contributed by atoms with Crippen LogP contribution in [0.3, 0.4) is 0 Å². The van der Waals surface area contributed by atoms with Crippen molar-refractivity contribution < 1.29 is 17.9 Å². The van der Waals surface area contributed by atoms with Crippen LogP contribution in [0.5, 0.6) is 5.75 Å². The first-order valence-electron chi connectivity index (χ1n) is 8.48. The number of amides is 1. The monoisotopic (exact) mass is 374 g/mol. The van der Waals surface area contributed by atoms with E-state index >= 15 is 0 Å². The molecule has 0 saturated carbocycles. The summed E-state index contributed by atoms with van der Waals surface area (Å²) in [4.78, 5) is 12.9. The average Bonchev–Trinajstić information content (AvgIpc) is 3.18. The molecule has 0 unspecified atom stereocenters. The van der Waals surface area contributed by atoms with E-state index in [2.05, 4.69) is 5.32 Å². The Balaban J connectivity index is 1.95. The van der Waals surface area contributed by atoms with Gasteiger partial charge in [0.1, 0.15) is 5.75 Å². The van der Waals surface area contributed by atoms with E-state index in [0.29, 0.717) is 24.5 Å². The van der Waals surface area contributed by atoms with Crippen molar-refractivity contribution in [1.29, 1.82) is 0 Å². The Hall–Kier alpha value is -2.38. The van der Waals surface area contributed by atoms with Gasteiger partial charge in [-0.1, -0.05) is 18.2 Å². The molecule has 2 aromatic carbocycles. The predicted octanol–water partition coefficient (Wildman–Crippen LogP) is 3.04. The number of aryl methyl sites for hydroxylation is 1. The van der Waals surface area contributed by atoms with Crippen LogP contribution < -0.4 is 10.1 Å². The SMILES string of the molecule is COc1ccc(S(=O)(=O)N2CCCC2)cc1C(=O)Nc1ccccc1C. The molecule has 0 bridgehead atoms. The molecule has 6 nitrogen and oxygen atoms in total. The Kier molecular flexibility index (Phi) is 5.29. The first-order chi connectivity index (χ1) is 12.4. The molecule has 1 heterocycles. The molecule has 0 aliphatic carbocycles. The zero-order valence-corrected chi connectivity index (χ0v) is 15.7. The van der Waals surface area contributed by atoms with Gasteiger partial charge in [-0.25, -0.2) is 8.42 Å². The summed E-state index contributed by atoms with van der Waals surface area (Å²) in [6.07, 6.45) is 1.71. The molecule has 0 radical (unpaired) electrons. The lowest BCUT2D eigenvalue weighted by Gasteiger charge is -2.17. The van der Waals surface area contributed by atoms with Crippen LogP contribution in [0.25, 0.3) is 0 Å². The van der Waals surface area contributed by atoms with E-state index in [1.54, 1.807) is 6.07 Å². The van der Waals surface area contributed by atoms with E-state index in [-0.39, 0.29) is 10.5 Å². The number of benzene rings is 2. The molecule has 1 aliphatic heterocycles. The van der Waals surface area contributed by atoms with Crippen LogP contribution in [0.15, 0.2) is 47.4 Å². The second-order valence-corrected chi connectivity index (χ2v) is 8.18. The van der Waals surface area contributed by atoms with Crippen LogP contribution in [0.2, 0.25) is 0 Å². The normalized spacial score (nSPS) is 15.0. The summed E-state index contributed by atoms with van der Waals surface area (Å²) in [5.41, 5.74) is 1.78. The lowest BCUT2D eigenvalue weighted by Crippen LogP contribution is -2.28. The van der Waals surface area contributed by atoms with E-state index in [9.17, 15) is 13.2 Å². The van der Waals surface area contributed by atoms with Crippen molar-refractivity contribution in [1.82, 2.24) is 4.31 Å². The maximum absolute atomic E-state index is 12.8. The lowest BCUT2D eigenvalue weighted by molar-refractivity contribution is 0.102. The van der Waals surface area contributed by atoms with Crippen LogP contribution in [0, 0.1) is 6.92 Å². The molecule has 0 spiro atoms. The highest BCUT2D eigenvalue weighted by Crippen LogP contribution is 2.27. The summed E-state index contributed by atoms with van der Waals surface area (Å²) >= 11 is 0. The van der Waals surface area contributed by atoms with Gasteiger partial charge in [-0.15, -0.1) is 0 Å². The summed E-state index contributed by atoms with van der Waals surface area (Å²) in [5.74, 6) is -0.0777. The maximum Gasteiger partial charge on any atom is 0.259 e. The number of hydrogen-bond donors (Lipinski definition) is 1. The average molecular weight is 374 g/mol. The minimum absolute atomic E-state index is 0.107. The third kappa shape index (κ3) is 3.59. The number of rotatable bonds is 5. The topological polar surface area (TPSA) is 75.7 Å². The van der Waals surface area contributed by atoms with Gasteiger partial charge in [0.25, 0.3) is 5.91 Å². The van der Waals surface area contributed by atoms with Gasteiger partial charge < -0.3 is 10.1 Å². The fourth-order valence-electron chi connectivity index (χ4n) is 3.01. The van der Waals surface area contributed by atoms with Crippen molar-refractivity contribution in [3.63, 3.8) is 0 Å². The highest BCUT2D eigenvalue weighted by atomic mass is 32.2. The molecule has 0 aromatic heterocycles. The summed E-state index contributed by atoms with van der Waals surface area (Å²) < 4.78 is 32.3. The van der Waals surface area contributed by atoms with Gasteiger partial charge in [-0.05, 0) is 49.6 Å². The summed E-state index contributed by atoms with van der Waals surface area (Å²) in [6, 6.07) is 11.8. The number of para-hydroxylation sites is 1. The Morgan fingerprint density at radius 1 is 1.12 bits per heavy atom. The quantitative estimate of drug-likeness (QED) is 0.873. The first kappa shape index (κ1) is 18.4. The van der Waals surface area contributed by atoms with Gasteiger partial charge >= 0.3 is 0 Å². The molecule has 1 fully saturated rings. The van der Waals surface area contributed by atoms with E-state index < -0.39 is 15.9 Å². The largest absolute Gasteiger partial charge is 0.496 e. The summed E-state index contributed by atoms with van der Waals surface area (Å²) in [5, 5.41) is 2.82. The highest BCUT2D eigenvalue weighted by Gasteiger charge is 2.28. The Bertz CT molecular complexity index is 919. The highest BCUT2D eigenvalue weighted by molar-refractivity contribution is 7.89. The zero-order valence-electron chi connectivity index (χ0n) is 14.9. The number of sulfonamides is 1. The number of nitrogens with zero attached hydrogens (tertiary/aromatic N) is 1. The minimum Gasteiger partial charge on any atom is -0.496 e. The molecule has 0 atom stereocenters. The first-order valence-corrected chi connectivity index (χ1v) is 9.92. The van der Waals surface area contributed by atoms with Crippen LogP contribution in [-0.4, -0.2) is 38.8 Å². The number of carbonyl (C=O) groups is 1. The van der Waals surface area contributed by atoms with Gasteiger partial charge in [-0.3, -0.25) is 4.79 Å². The van der Waals surface area contributed by atoms with Crippen LogP contribution in [0.4, 0.5) is 5.69 Å². The third-order valence-electron chi connectivity index (χ3n) is 4.51. The van der Waals surface area contributed by atoms with Crippen molar-refractivity contribution in [3.8, 4) is 5.75 Å². The van der Waals surface area contributed by atoms with Gasteiger partial charge in [-0.2, -0.15) is 4.31 Å². The van der Waals surface area contributed by atoms with Gasteiger partial charge in [0, 0.05) is 18.8 Å². The number of carbonyl (C=O) groups excluding carboxylic acids is 1. The van der Waals surface area contributed by atoms with E-state index in [1.807, 2.05) is 25.1 Å². The Morgan fingerprint density at radius 2 is 1.81 bits per heavy atom. The third-order valence-corrected chi connectivity index (χ3v) is 6.41. The van der Waals surface area contributed by atoms with Gasteiger partial charge in [0.05, 0.1) is 17.6 Å². The number of hydrogen-bond acceptors (Lipinski definition) is 4. The zero-order chi connectivity index (χ0) is 18.7. The van der Waals surface area contributed by atoms with Crippen molar-refractivity contribution in [2.75, 3.05) is 25.5 Å². The van der Waals surface area contributed by atoms with E-state index in [0.717, 1.165) is 18.4 Å². The molecule has 138 valence electrons. The second kappa shape index (κ2) is 7.47. The van der Waals surface area contributed by atoms with Gasteiger partial charge in [0.15, 0.2) is 0 Å². The molecule has 7 heteroatoms. The van der Waals surface area contributed by atoms with Crippen LogP contribution >= 0.6 is 0 Å². The van der Waals surface area contributed by atoms with E-state index in [1.165, 1.54) is 29.6 Å². The number of nitrogens with one attached hydrogen (secondary N) is 1. The van der Waals surface area contributed by atoms with Crippen molar-refractivity contribution in [3.05, 3.63) is 53.6 Å². The number of methoxy groups -OCH3 is 1. The minimum atomic E-state index is -3.60. The van der Waals surface area contributed by atoms with Crippen LogP contribution in [0.1, 0.15) is 28.8 Å². The molecule has 1 saturated heterocycles. The molecule has 1 N–H and O–H groups in total. The standard InChI is InChI=1S/C19H22N2O4S/c1-14-7-3-4-8-17(14)20-19(22)16-13-15(9-10-18(16)25-2)26(23,24)21-11-5-6-12-21/h3-4,7-10,13H,5-6,11-12H2,1-2H3,(H,20,22). The molecular formula is C19H22N2O4S. The molecule has 1 amide bonds. The fourth-order valence-corrected chi connectivity index (χ4v) is 4.55. The lowest BCUT2D eigenvalue weighted by atomic mass is 10.1. The van der Waals surface area contributed by atoms with Crippen molar-refractivity contribution in [2.45, 2.75) is 24.7 Å². The van der Waals surface area contributed by atoms with Crippen molar-refractivity contribution in [2.24, 2.45) is 0 Å². The van der Waals surface area contributed by atoms with Crippen molar-refractivity contribution >= 4 is 21.6 Å². The summed E-state index contributed by atoms with van der Waals surface area (Å²) in [6.45, 7) is 2.92. The molecule has 26 heavy (non-hydrogen) atoms. The number of anilines is 1. The smallest absolute Gasteiger partial charge is 0.259 e. The Morgan fingerprint density at radius 3 is 2.46 bits per heavy atom. The molecular weight excluding hydrogens is 352 g/mol. The summed E-state index contributed by atoms with van der Waals surface area (Å²) in [7, 11) is -2.15.